The molecular formula is C12H17NO. The van der Waals surface area contributed by atoms with Crippen molar-refractivity contribution in [1.29, 1.82) is 0 Å². The number of hydrogen-bond acceptors (Lipinski definition) is 2. The highest BCUT2D eigenvalue weighted by molar-refractivity contribution is 5.26. The van der Waals surface area contributed by atoms with E-state index in [2.05, 4.69) is 6.58 Å². The smallest absolute Gasteiger partial charge is 0.106 e. The first-order valence-corrected chi connectivity index (χ1v) is 4.65. The lowest BCUT2D eigenvalue weighted by atomic mass is 9.85. The lowest BCUT2D eigenvalue weighted by Crippen LogP contribution is -2.43. The van der Waals surface area contributed by atoms with E-state index in [0.717, 1.165) is 11.1 Å². The third kappa shape index (κ3) is 2.03. The molecule has 0 radical (unpaired) electrons. The average Bonchev–Trinajstić information content (AvgIpc) is 2.18. The van der Waals surface area contributed by atoms with Gasteiger partial charge in [-0.2, -0.15) is 0 Å². The molecule has 0 heterocycles. The molecule has 0 saturated heterocycles. The Morgan fingerprint density at radius 1 is 1.43 bits per heavy atom. The molecule has 76 valence electrons. The van der Waals surface area contributed by atoms with Gasteiger partial charge in [-0.15, -0.1) is 0 Å². The van der Waals surface area contributed by atoms with Gasteiger partial charge in [-0.05, 0) is 19.4 Å². The van der Waals surface area contributed by atoms with E-state index in [9.17, 15) is 5.11 Å². The fourth-order valence-electron chi connectivity index (χ4n) is 1.43. The summed E-state index contributed by atoms with van der Waals surface area (Å²) in [6.07, 6.45) is 0. The molecule has 2 atom stereocenters. The number of aliphatic hydroxyl groups is 1. The fourth-order valence-corrected chi connectivity index (χ4v) is 1.43. The van der Waals surface area contributed by atoms with Crippen LogP contribution < -0.4 is 5.73 Å². The molecule has 0 aromatic heterocycles. The minimum absolute atomic E-state index is 0.440. The molecule has 2 nitrogen and oxygen atoms in total. The minimum atomic E-state index is -1.05. The zero-order chi connectivity index (χ0) is 10.8. The number of benzene rings is 1. The molecular weight excluding hydrogens is 174 g/mol. The molecule has 0 aliphatic rings. The Labute approximate surface area is 85.1 Å². The highest BCUT2D eigenvalue weighted by atomic mass is 16.3. The first kappa shape index (κ1) is 11.0. The van der Waals surface area contributed by atoms with E-state index >= 15 is 0 Å². The van der Waals surface area contributed by atoms with E-state index in [1.165, 1.54) is 0 Å². The Morgan fingerprint density at radius 3 is 2.36 bits per heavy atom. The Hall–Kier alpha value is -1.12. The van der Waals surface area contributed by atoms with Crippen molar-refractivity contribution >= 4 is 0 Å². The average molecular weight is 191 g/mol. The van der Waals surface area contributed by atoms with E-state index in [1.807, 2.05) is 37.3 Å². The molecule has 3 N–H and O–H groups in total. The Balaban J connectivity index is 3.02. The van der Waals surface area contributed by atoms with Crippen molar-refractivity contribution in [3.8, 4) is 0 Å². The van der Waals surface area contributed by atoms with Crippen molar-refractivity contribution in [1.82, 2.24) is 0 Å². The van der Waals surface area contributed by atoms with Crippen molar-refractivity contribution < 1.29 is 5.11 Å². The molecule has 2 heteroatoms. The normalized spacial score (nSPS) is 17.1. The summed E-state index contributed by atoms with van der Waals surface area (Å²) in [7, 11) is 0. The largest absolute Gasteiger partial charge is 0.383 e. The summed E-state index contributed by atoms with van der Waals surface area (Å²) in [4.78, 5) is 0. The molecule has 1 rings (SSSR count). The van der Waals surface area contributed by atoms with Crippen molar-refractivity contribution in [3.05, 3.63) is 48.0 Å². The lowest BCUT2D eigenvalue weighted by Gasteiger charge is -2.30. The van der Waals surface area contributed by atoms with Crippen LogP contribution in [0.5, 0.6) is 0 Å². The summed E-state index contributed by atoms with van der Waals surface area (Å²) in [6.45, 7) is 7.29. The molecule has 0 amide bonds. The quantitative estimate of drug-likeness (QED) is 0.716. The van der Waals surface area contributed by atoms with E-state index in [-0.39, 0.29) is 0 Å². The minimum Gasteiger partial charge on any atom is -0.383 e. The van der Waals surface area contributed by atoms with Gasteiger partial charge < -0.3 is 10.8 Å². The Morgan fingerprint density at radius 2 is 1.93 bits per heavy atom. The summed E-state index contributed by atoms with van der Waals surface area (Å²) in [6, 6.07) is 8.96. The molecule has 0 saturated carbocycles. The maximum absolute atomic E-state index is 10.2. The summed E-state index contributed by atoms with van der Waals surface area (Å²) in [5.41, 5.74) is 6.42. The van der Waals surface area contributed by atoms with Crippen molar-refractivity contribution in [2.24, 2.45) is 5.73 Å². The maximum Gasteiger partial charge on any atom is 0.106 e. The summed E-state index contributed by atoms with van der Waals surface area (Å²) < 4.78 is 0. The van der Waals surface area contributed by atoms with E-state index in [0.29, 0.717) is 0 Å². The fraction of sp³-hybridized carbons (Fsp3) is 0.333. The van der Waals surface area contributed by atoms with Crippen LogP contribution >= 0.6 is 0 Å². The van der Waals surface area contributed by atoms with Crippen LogP contribution in [0.4, 0.5) is 0 Å². The number of hydrogen-bond donors (Lipinski definition) is 2. The third-order valence-corrected chi connectivity index (χ3v) is 2.49. The maximum atomic E-state index is 10.2. The monoisotopic (exact) mass is 191 g/mol. The van der Waals surface area contributed by atoms with Crippen LogP contribution in [0, 0.1) is 0 Å². The zero-order valence-corrected chi connectivity index (χ0v) is 8.70. The molecule has 0 aliphatic carbocycles. The molecule has 14 heavy (non-hydrogen) atoms. The lowest BCUT2D eigenvalue weighted by molar-refractivity contribution is 0.0405. The van der Waals surface area contributed by atoms with E-state index in [1.54, 1.807) is 6.92 Å². The van der Waals surface area contributed by atoms with Gasteiger partial charge in [0.25, 0.3) is 0 Å². The molecule has 2 unspecified atom stereocenters. The molecule has 0 spiro atoms. The highest BCUT2D eigenvalue weighted by Gasteiger charge is 2.30. The standard InChI is InChI=1S/C12H17NO/c1-9(2)11(13)12(3,14)10-7-5-4-6-8-10/h4-8,11,14H,1,13H2,2-3H3. The van der Waals surface area contributed by atoms with E-state index < -0.39 is 11.6 Å². The van der Waals surface area contributed by atoms with Gasteiger partial charge in [0.2, 0.25) is 0 Å². The van der Waals surface area contributed by atoms with Gasteiger partial charge in [-0.3, -0.25) is 0 Å². The van der Waals surface area contributed by atoms with Crippen LogP contribution in [0.1, 0.15) is 19.4 Å². The topological polar surface area (TPSA) is 46.2 Å². The van der Waals surface area contributed by atoms with Gasteiger partial charge in [0.15, 0.2) is 0 Å². The number of rotatable bonds is 3. The van der Waals surface area contributed by atoms with E-state index in [4.69, 9.17) is 5.73 Å². The summed E-state index contributed by atoms with van der Waals surface area (Å²) in [5.74, 6) is 0. The second kappa shape index (κ2) is 3.95. The zero-order valence-electron chi connectivity index (χ0n) is 8.70. The predicted octanol–water partition coefficient (Wildman–Crippen LogP) is 1.80. The van der Waals surface area contributed by atoms with Crippen molar-refractivity contribution in [2.45, 2.75) is 25.5 Å². The van der Waals surface area contributed by atoms with Gasteiger partial charge in [-0.25, -0.2) is 0 Å². The third-order valence-electron chi connectivity index (χ3n) is 2.49. The molecule has 0 bridgehead atoms. The number of nitrogens with two attached hydrogens (primary N) is 1. The van der Waals surface area contributed by atoms with Gasteiger partial charge in [0, 0.05) is 0 Å². The SMILES string of the molecule is C=C(C)C(N)C(C)(O)c1ccccc1. The highest BCUT2D eigenvalue weighted by Crippen LogP contribution is 2.26. The van der Waals surface area contributed by atoms with Gasteiger partial charge in [0.1, 0.15) is 5.60 Å². The second-order valence-electron chi connectivity index (χ2n) is 3.84. The summed E-state index contributed by atoms with van der Waals surface area (Å²) in [5, 5.41) is 10.2. The van der Waals surface area contributed by atoms with Crippen LogP contribution in [0.3, 0.4) is 0 Å². The van der Waals surface area contributed by atoms with Crippen LogP contribution in [0.2, 0.25) is 0 Å². The first-order valence-electron chi connectivity index (χ1n) is 4.65. The van der Waals surface area contributed by atoms with Crippen molar-refractivity contribution in [2.75, 3.05) is 0 Å². The molecule has 1 aromatic rings. The molecule has 0 fully saturated rings. The van der Waals surface area contributed by atoms with Crippen molar-refractivity contribution in [3.63, 3.8) is 0 Å². The van der Waals surface area contributed by atoms with Crippen LogP contribution in [0.15, 0.2) is 42.5 Å². The van der Waals surface area contributed by atoms with Crippen LogP contribution in [-0.4, -0.2) is 11.1 Å². The van der Waals surface area contributed by atoms with Gasteiger partial charge >= 0.3 is 0 Å². The summed E-state index contributed by atoms with van der Waals surface area (Å²) >= 11 is 0. The van der Waals surface area contributed by atoms with Crippen LogP contribution in [-0.2, 0) is 5.60 Å². The molecule has 1 aromatic carbocycles. The first-order chi connectivity index (χ1) is 6.46. The Kier molecular flexibility index (Phi) is 3.09. The second-order valence-corrected chi connectivity index (χ2v) is 3.84. The van der Waals surface area contributed by atoms with Gasteiger partial charge in [-0.1, -0.05) is 42.5 Å². The van der Waals surface area contributed by atoms with Gasteiger partial charge in [0.05, 0.1) is 6.04 Å². The van der Waals surface area contributed by atoms with Crippen LogP contribution in [0.25, 0.3) is 0 Å². The Bertz CT molecular complexity index is 316. The predicted molar refractivity (Wildman–Crippen MR) is 58.8 cm³/mol. The molecule has 0 aliphatic heterocycles.